The molecule has 26 heavy (non-hydrogen) atoms. The second kappa shape index (κ2) is 16.1. The third-order valence-electron chi connectivity index (χ3n) is 5.44. The molecule has 3 nitrogen and oxygen atoms in total. The fraction of sp³-hybridized carbons (Fsp3) is 0.826. The summed E-state index contributed by atoms with van der Waals surface area (Å²) in [5, 5.41) is 0. The van der Waals surface area contributed by atoms with E-state index >= 15 is 0 Å². The van der Waals surface area contributed by atoms with Gasteiger partial charge in [0.25, 0.3) is 0 Å². The molecule has 0 aromatic carbocycles. The van der Waals surface area contributed by atoms with Crippen molar-refractivity contribution in [3.63, 3.8) is 0 Å². The molecular weight excluding hydrogens is 322 g/mol. The fourth-order valence-electron chi connectivity index (χ4n) is 3.73. The van der Waals surface area contributed by atoms with Crippen molar-refractivity contribution in [3.8, 4) is 0 Å². The van der Waals surface area contributed by atoms with E-state index < -0.39 is 0 Å². The first-order valence-electron chi connectivity index (χ1n) is 11.2. The quantitative estimate of drug-likeness (QED) is 0.157. The Bertz CT molecular complexity index is 376. The van der Waals surface area contributed by atoms with E-state index in [1.807, 2.05) is 6.08 Å². The number of unbranched alkanes of at least 4 members (excludes halogenated alkanes) is 15. The molecule has 0 atom stereocenters. The maximum Gasteiger partial charge on any atom is 0.229 e. The molecule has 2 amide bonds. The van der Waals surface area contributed by atoms with Crippen LogP contribution in [0.15, 0.2) is 12.7 Å². The van der Waals surface area contributed by atoms with Gasteiger partial charge in [0.05, 0.1) is 0 Å². The lowest BCUT2D eigenvalue weighted by atomic mass is 10.0. The molecule has 0 aliphatic carbocycles. The minimum absolute atomic E-state index is 0.0303. The SMILES string of the molecule is C=CCCCCCCCCCCCCCCCCCN1C(=O)CCC1=O. The number of nitrogens with zero attached hydrogens (tertiary/aromatic N) is 1. The van der Waals surface area contributed by atoms with E-state index in [-0.39, 0.29) is 11.8 Å². The number of amides is 2. The molecule has 150 valence electrons. The molecule has 0 spiro atoms. The van der Waals surface area contributed by atoms with Crippen LogP contribution in [0.2, 0.25) is 0 Å². The molecular formula is C23H41NO2. The van der Waals surface area contributed by atoms with Gasteiger partial charge in [0, 0.05) is 19.4 Å². The van der Waals surface area contributed by atoms with Crippen molar-refractivity contribution >= 4 is 11.8 Å². The second-order valence-electron chi connectivity index (χ2n) is 7.82. The number of hydrogen-bond acceptors (Lipinski definition) is 2. The highest BCUT2D eigenvalue weighted by atomic mass is 16.2. The molecule has 1 aliphatic rings. The zero-order valence-corrected chi connectivity index (χ0v) is 17.0. The average Bonchev–Trinajstić information content (AvgIpc) is 2.96. The molecule has 0 saturated carbocycles. The highest BCUT2D eigenvalue weighted by molar-refractivity contribution is 6.01. The Morgan fingerprint density at radius 3 is 1.35 bits per heavy atom. The van der Waals surface area contributed by atoms with Crippen molar-refractivity contribution < 1.29 is 9.59 Å². The predicted molar refractivity (Wildman–Crippen MR) is 110 cm³/mol. The number of rotatable bonds is 18. The Kier molecular flexibility index (Phi) is 14.2. The van der Waals surface area contributed by atoms with Crippen molar-refractivity contribution in [3.05, 3.63) is 12.7 Å². The van der Waals surface area contributed by atoms with Crippen LogP contribution in [0.5, 0.6) is 0 Å². The first kappa shape index (κ1) is 22.9. The van der Waals surface area contributed by atoms with Crippen LogP contribution in [-0.2, 0) is 9.59 Å². The zero-order chi connectivity index (χ0) is 18.9. The number of imide groups is 1. The monoisotopic (exact) mass is 363 g/mol. The molecule has 1 heterocycles. The van der Waals surface area contributed by atoms with Gasteiger partial charge < -0.3 is 0 Å². The molecule has 1 rings (SSSR count). The van der Waals surface area contributed by atoms with Crippen LogP contribution in [0.1, 0.15) is 116 Å². The lowest BCUT2D eigenvalue weighted by molar-refractivity contribution is -0.138. The summed E-state index contributed by atoms with van der Waals surface area (Å²) >= 11 is 0. The van der Waals surface area contributed by atoms with E-state index in [1.54, 1.807) is 0 Å². The fourth-order valence-corrected chi connectivity index (χ4v) is 3.73. The third-order valence-corrected chi connectivity index (χ3v) is 5.44. The van der Waals surface area contributed by atoms with Crippen LogP contribution < -0.4 is 0 Å². The second-order valence-corrected chi connectivity index (χ2v) is 7.82. The molecule has 1 aliphatic heterocycles. The summed E-state index contributed by atoms with van der Waals surface area (Å²) in [6.45, 7) is 4.41. The van der Waals surface area contributed by atoms with Gasteiger partial charge in [0.15, 0.2) is 0 Å². The number of carbonyl (C=O) groups excluding carboxylic acids is 2. The molecule has 0 aromatic heterocycles. The zero-order valence-electron chi connectivity index (χ0n) is 17.0. The van der Waals surface area contributed by atoms with E-state index in [0.717, 1.165) is 12.8 Å². The number of likely N-dealkylation sites (tertiary alicyclic amines) is 1. The van der Waals surface area contributed by atoms with Crippen LogP contribution in [-0.4, -0.2) is 23.3 Å². The van der Waals surface area contributed by atoms with E-state index in [9.17, 15) is 9.59 Å². The largest absolute Gasteiger partial charge is 0.283 e. The van der Waals surface area contributed by atoms with Crippen LogP contribution >= 0.6 is 0 Å². The van der Waals surface area contributed by atoms with E-state index in [4.69, 9.17) is 0 Å². The molecule has 0 N–H and O–H groups in total. The minimum Gasteiger partial charge on any atom is -0.283 e. The molecule has 0 bridgehead atoms. The minimum atomic E-state index is 0.0303. The molecule has 3 heteroatoms. The summed E-state index contributed by atoms with van der Waals surface area (Å²) in [7, 11) is 0. The predicted octanol–water partition coefficient (Wildman–Crippen LogP) is 6.56. The van der Waals surface area contributed by atoms with E-state index in [0.29, 0.717) is 19.4 Å². The van der Waals surface area contributed by atoms with Crippen LogP contribution in [0, 0.1) is 0 Å². The van der Waals surface area contributed by atoms with Gasteiger partial charge in [-0.1, -0.05) is 89.5 Å². The van der Waals surface area contributed by atoms with Crippen LogP contribution in [0.4, 0.5) is 0 Å². The highest BCUT2D eigenvalue weighted by Gasteiger charge is 2.27. The normalized spacial score (nSPS) is 14.4. The van der Waals surface area contributed by atoms with Crippen molar-refractivity contribution in [2.24, 2.45) is 0 Å². The van der Waals surface area contributed by atoms with Gasteiger partial charge in [0.1, 0.15) is 0 Å². The summed E-state index contributed by atoms with van der Waals surface area (Å²) in [5.41, 5.74) is 0. The van der Waals surface area contributed by atoms with Gasteiger partial charge in [0.2, 0.25) is 11.8 Å². The molecule has 1 fully saturated rings. The Balaban J connectivity index is 1.73. The van der Waals surface area contributed by atoms with E-state index in [1.165, 1.54) is 94.8 Å². The number of allylic oxidation sites excluding steroid dienone is 1. The van der Waals surface area contributed by atoms with Gasteiger partial charge in [-0.25, -0.2) is 0 Å². The molecule has 0 radical (unpaired) electrons. The summed E-state index contributed by atoms with van der Waals surface area (Å²) in [6, 6.07) is 0. The summed E-state index contributed by atoms with van der Waals surface area (Å²) < 4.78 is 0. The van der Waals surface area contributed by atoms with Crippen molar-refractivity contribution in [2.45, 2.75) is 116 Å². The van der Waals surface area contributed by atoms with Gasteiger partial charge in [-0.15, -0.1) is 6.58 Å². The number of carbonyl (C=O) groups is 2. The molecule has 0 unspecified atom stereocenters. The Hall–Kier alpha value is -1.12. The summed E-state index contributed by atoms with van der Waals surface area (Å²) in [5.74, 6) is 0.0605. The van der Waals surface area contributed by atoms with Crippen LogP contribution in [0.3, 0.4) is 0 Å². The topological polar surface area (TPSA) is 37.4 Å². The molecule has 1 saturated heterocycles. The first-order chi connectivity index (χ1) is 12.8. The smallest absolute Gasteiger partial charge is 0.229 e. The molecule has 0 aromatic rings. The van der Waals surface area contributed by atoms with Gasteiger partial charge in [-0.3, -0.25) is 14.5 Å². The number of hydrogen-bond donors (Lipinski definition) is 0. The highest BCUT2D eigenvalue weighted by Crippen LogP contribution is 2.15. The first-order valence-corrected chi connectivity index (χ1v) is 11.2. The Morgan fingerprint density at radius 2 is 0.962 bits per heavy atom. The van der Waals surface area contributed by atoms with E-state index in [2.05, 4.69) is 6.58 Å². The van der Waals surface area contributed by atoms with Crippen molar-refractivity contribution in [2.75, 3.05) is 6.54 Å². The summed E-state index contributed by atoms with van der Waals surface area (Å²) in [6.07, 6.45) is 23.9. The van der Waals surface area contributed by atoms with Crippen LogP contribution in [0.25, 0.3) is 0 Å². The standard InChI is InChI=1S/C23H41NO2/c1-2-3-4-5-6-7-8-9-10-11-12-13-14-15-16-17-18-21-24-22(25)19-20-23(24)26/h2H,1,3-21H2. The lowest BCUT2D eigenvalue weighted by Gasteiger charge is -2.13. The van der Waals surface area contributed by atoms with Crippen molar-refractivity contribution in [1.29, 1.82) is 0 Å². The summed E-state index contributed by atoms with van der Waals surface area (Å²) in [4.78, 5) is 24.4. The maximum absolute atomic E-state index is 11.5. The third kappa shape index (κ3) is 11.5. The van der Waals surface area contributed by atoms with Gasteiger partial charge in [-0.05, 0) is 19.3 Å². The average molecular weight is 364 g/mol. The van der Waals surface area contributed by atoms with Gasteiger partial charge in [-0.2, -0.15) is 0 Å². The van der Waals surface area contributed by atoms with Gasteiger partial charge >= 0.3 is 0 Å². The Morgan fingerprint density at radius 1 is 0.615 bits per heavy atom. The van der Waals surface area contributed by atoms with Crippen molar-refractivity contribution in [1.82, 2.24) is 4.90 Å². The maximum atomic E-state index is 11.5. The Labute approximate surface area is 161 Å². The lowest BCUT2D eigenvalue weighted by Crippen LogP contribution is -2.29.